The van der Waals surface area contributed by atoms with E-state index in [1.807, 2.05) is 0 Å². The molecule has 0 N–H and O–H groups in total. The fraction of sp³-hybridized carbons (Fsp3) is 0.0769. The van der Waals surface area contributed by atoms with Crippen LogP contribution in [0.2, 0.25) is 0 Å². The maximum absolute atomic E-state index is 13.3. The Balaban J connectivity index is 2.06. The molecule has 0 aliphatic heterocycles. The van der Waals surface area contributed by atoms with E-state index in [2.05, 4.69) is 4.98 Å². The van der Waals surface area contributed by atoms with Gasteiger partial charge in [0.15, 0.2) is 6.29 Å². The number of halogens is 2. The molecule has 1 aromatic heterocycles. The Morgan fingerprint density at radius 2 is 2.06 bits per heavy atom. The highest BCUT2D eigenvalue weighted by Gasteiger charge is 2.05. The van der Waals surface area contributed by atoms with Crippen LogP contribution in [0, 0.1) is 11.6 Å². The Labute approximate surface area is 102 Å². The van der Waals surface area contributed by atoms with Crippen molar-refractivity contribution in [2.24, 2.45) is 0 Å². The van der Waals surface area contributed by atoms with Crippen LogP contribution in [0.25, 0.3) is 0 Å². The summed E-state index contributed by atoms with van der Waals surface area (Å²) >= 11 is 0. The highest BCUT2D eigenvalue weighted by atomic mass is 19.1. The maximum atomic E-state index is 13.3. The number of hydrogen-bond donors (Lipinski definition) is 0. The van der Waals surface area contributed by atoms with E-state index in [1.165, 1.54) is 18.3 Å². The number of rotatable bonds is 4. The van der Waals surface area contributed by atoms with Gasteiger partial charge >= 0.3 is 0 Å². The first-order valence-electron chi connectivity index (χ1n) is 5.17. The average Bonchev–Trinajstić information content (AvgIpc) is 2.40. The lowest BCUT2D eigenvalue weighted by atomic mass is 10.2. The topological polar surface area (TPSA) is 39.2 Å². The number of aromatic nitrogens is 1. The highest BCUT2D eigenvalue weighted by molar-refractivity contribution is 5.71. The lowest BCUT2D eigenvalue weighted by Gasteiger charge is -2.06. The summed E-state index contributed by atoms with van der Waals surface area (Å²) in [6.07, 6.45) is 1.96. The van der Waals surface area contributed by atoms with Gasteiger partial charge in [-0.2, -0.15) is 0 Å². The van der Waals surface area contributed by atoms with Crippen LogP contribution in [0.3, 0.4) is 0 Å². The number of carbonyl (C=O) groups is 1. The molecule has 2 aromatic rings. The summed E-state index contributed by atoms with van der Waals surface area (Å²) in [7, 11) is 0. The number of ether oxygens (including phenoxy) is 1. The highest BCUT2D eigenvalue weighted by Crippen LogP contribution is 2.14. The minimum Gasteiger partial charge on any atom is -0.487 e. The van der Waals surface area contributed by atoms with E-state index in [1.54, 1.807) is 0 Å². The fourth-order valence-electron chi connectivity index (χ4n) is 1.36. The molecular weight excluding hydrogens is 240 g/mol. The van der Waals surface area contributed by atoms with Crippen LogP contribution in [0.4, 0.5) is 8.78 Å². The summed E-state index contributed by atoms with van der Waals surface area (Å²) in [5.74, 6) is -0.678. The second kappa shape index (κ2) is 5.35. The minimum absolute atomic E-state index is 0.105. The third kappa shape index (κ3) is 2.88. The van der Waals surface area contributed by atoms with E-state index in [0.29, 0.717) is 12.0 Å². The molecule has 92 valence electrons. The zero-order chi connectivity index (χ0) is 13.0. The lowest BCUT2D eigenvalue weighted by Crippen LogP contribution is -2.00. The third-order valence-electron chi connectivity index (χ3n) is 2.28. The predicted molar refractivity (Wildman–Crippen MR) is 60.3 cm³/mol. The molecule has 0 aliphatic carbocycles. The molecule has 0 bridgehead atoms. The Kier molecular flexibility index (Phi) is 3.62. The predicted octanol–water partition coefficient (Wildman–Crippen LogP) is 2.75. The van der Waals surface area contributed by atoms with Crippen molar-refractivity contribution in [3.8, 4) is 5.75 Å². The Morgan fingerprint density at radius 1 is 1.22 bits per heavy atom. The molecule has 0 saturated heterocycles. The van der Waals surface area contributed by atoms with Gasteiger partial charge in [-0.25, -0.2) is 13.8 Å². The molecule has 1 aromatic carbocycles. The number of pyridine rings is 1. The van der Waals surface area contributed by atoms with E-state index in [-0.39, 0.29) is 17.9 Å². The van der Waals surface area contributed by atoms with E-state index < -0.39 is 11.6 Å². The summed E-state index contributed by atoms with van der Waals surface area (Å²) < 4.78 is 31.4. The number of benzene rings is 1. The Bertz CT molecular complexity index is 555. The number of hydrogen-bond acceptors (Lipinski definition) is 3. The summed E-state index contributed by atoms with van der Waals surface area (Å²) in [6, 6.07) is 6.17. The van der Waals surface area contributed by atoms with Gasteiger partial charge in [-0.15, -0.1) is 0 Å². The molecular formula is C13H9F2NO2. The van der Waals surface area contributed by atoms with Crippen LogP contribution < -0.4 is 4.74 Å². The molecule has 18 heavy (non-hydrogen) atoms. The zero-order valence-corrected chi connectivity index (χ0v) is 9.27. The fourth-order valence-corrected chi connectivity index (χ4v) is 1.36. The van der Waals surface area contributed by atoms with Crippen LogP contribution in [0.1, 0.15) is 16.1 Å². The average molecular weight is 249 g/mol. The molecule has 0 aliphatic rings. The van der Waals surface area contributed by atoms with Crippen LogP contribution in [0.5, 0.6) is 5.75 Å². The van der Waals surface area contributed by atoms with Gasteiger partial charge in [-0.3, -0.25) is 4.79 Å². The van der Waals surface area contributed by atoms with Crippen molar-refractivity contribution in [3.05, 3.63) is 59.4 Å². The normalized spacial score (nSPS) is 10.1. The molecule has 0 spiro atoms. The van der Waals surface area contributed by atoms with Crippen LogP contribution in [-0.4, -0.2) is 11.3 Å². The first kappa shape index (κ1) is 12.2. The second-order valence-corrected chi connectivity index (χ2v) is 3.56. The minimum atomic E-state index is -0.533. The van der Waals surface area contributed by atoms with Crippen molar-refractivity contribution < 1.29 is 18.3 Å². The van der Waals surface area contributed by atoms with Crippen molar-refractivity contribution in [2.75, 3.05) is 0 Å². The third-order valence-corrected chi connectivity index (χ3v) is 2.28. The quantitative estimate of drug-likeness (QED) is 0.782. The monoisotopic (exact) mass is 249 g/mol. The van der Waals surface area contributed by atoms with Gasteiger partial charge in [0, 0.05) is 5.56 Å². The SMILES string of the molecule is O=Cc1ccc(OCc2cc(F)ccc2F)cn1. The van der Waals surface area contributed by atoms with Crippen LogP contribution >= 0.6 is 0 Å². The van der Waals surface area contributed by atoms with Gasteiger partial charge in [0.25, 0.3) is 0 Å². The van der Waals surface area contributed by atoms with Gasteiger partial charge in [0.1, 0.15) is 29.7 Å². The maximum Gasteiger partial charge on any atom is 0.168 e. The first-order valence-corrected chi connectivity index (χ1v) is 5.17. The molecule has 3 nitrogen and oxygen atoms in total. The van der Waals surface area contributed by atoms with Gasteiger partial charge in [0.2, 0.25) is 0 Å². The van der Waals surface area contributed by atoms with E-state index in [9.17, 15) is 13.6 Å². The Hall–Kier alpha value is -2.30. The van der Waals surface area contributed by atoms with E-state index in [0.717, 1.165) is 18.2 Å². The number of aldehydes is 1. The van der Waals surface area contributed by atoms with Gasteiger partial charge in [-0.1, -0.05) is 0 Å². The lowest BCUT2D eigenvalue weighted by molar-refractivity contribution is 0.111. The molecule has 1 heterocycles. The Morgan fingerprint density at radius 3 is 2.72 bits per heavy atom. The van der Waals surface area contributed by atoms with Crippen molar-refractivity contribution in [2.45, 2.75) is 6.61 Å². The number of nitrogens with zero attached hydrogens (tertiary/aromatic N) is 1. The summed E-state index contributed by atoms with van der Waals surface area (Å²) in [4.78, 5) is 14.2. The standard InChI is InChI=1S/C13H9F2NO2/c14-10-1-4-13(15)9(5-10)8-18-12-3-2-11(7-17)16-6-12/h1-7H,8H2. The molecule has 5 heteroatoms. The molecule has 0 amide bonds. The molecule has 2 rings (SSSR count). The largest absolute Gasteiger partial charge is 0.487 e. The molecule has 0 saturated carbocycles. The summed E-state index contributed by atoms with van der Waals surface area (Å²) in [5.41, 5.74) is 0.397. The zero-order valence-electron chi connectivity index (χ0n) is 9.27. The van der Waals surface area contributed by atoms with Crippen molar-refractivity contribution >= 4 is 6.29 Å². The van der Waals surface area contributed by atoms with Crippen molar-refractivity contribution in [1.29, 1.82) is 0 Å². The first-order chi connectivity index (χ1) is 8.69. The second-order valence-electron chi connectivity index (χ2n) is 3.56. The molecule has 0 radical (unpaired) electrons. The van der Waals surface area contributed by atoms with Gasteiger partial charge in [0.05, 0.1) is 6.20 Å². The summed E-state index contributed by atoms with van der Waals surface area (Å²) in [5, 5.41) is 0. The van der Waals surface area contributed by atoms with Crippen LogP contribution in [-0.2, 0) is 6.61 Å². The van der Waals surface area contributed by atoms with E-state index >= 15 is 0 Å². The van der Waals surface area contributed by atoms with E-state index in [4.69, 9.17) is 4.74 Å². The summed E-state index contributed by atoms with van der Waals surface area (Å²) in [6.45, 7) is -0.105. The van der Waals surface area contributed by atoms with Crippen LogP contribution in [0.15, 0.2) is 36.5 Å². The van der Waals surface area contributed by atoms with Gasteiger partial charge in [-0.05, 0) is 30.3 Å². The smallest absolute Gasteiger partial charge is 0.168 e. The number of carbonyl (C=O) groups excluding carboxylic acids is 1. The molecule has 0 fully saturated rings. The van der Waals surface area contributed by atoms with Crippen molar-refractivity contribution in [1.82, 2.24) is 4.98 Å². The van der Waals surface area contributed by atoms with Crippen molar-refractivity contribution in [3.63, 3.8) is 0 Å². The molecule has 0 atom stereocenters. The van der Waals surface area contributed by atoms with Gasteiger partial charge < -0.3 is 4.74 Å². The molecule has 0 unspecified atom stereocenters.